The number of amides is 1. The van der Waals surface area contributed by atoms with Crippen LogP contribution in [0.25, 0.3) is 0 Å². The highest BCUT2D eigenvalue weighted by Gasteiger charge is 2.27. The standard InChI is InChI=1S/C22H31F2N5O3/c1-4-10-27(13-17(23)24)14-18(30)28(11-15(2)3)19-20(25)29(22(32)26-21(19)31)12-16-8-6-5-7-9-16/h5-9,15,17H,4,10-14,25H2,1-3H3,(H,26,31,32). The average molecular weight is 452 g/mol. The molecule has 0 spiro atoms. The van der Waals surface area contributed by atoms with E-state index in [2.05, 4.69) is 4.98 Å². The highest BCUT2D eigenvalue weighted by molar-refractivity contribution is 5.96. The fraction of sp³-hybridized carbons (Fsp3) is 0.500. The maximum Gasteiger partial charge on any atom is 0.330 e. The van der Waals surface area contributed by atoms with Crippen LogP contribution in [0.3, 0.4) is 0 Å². The number of nitrogen functional groups attached to an aromatic ring is 1. The zero-order chi connectivity index (χ0) is 23.8. The summed E-state index contributed by atoms with van der Waals surface area (Å²) in [5, 5.41) is 0. The minimum absolute atomic E-state index is 0.0398. The van der Waals surface area contributed by atoms with E-state index in [1.54, 1.807) is 12.1 Å². The van der Waals surface area contributed by atoms with Crippen LogP contribution in [0.2, 0.25) is 0 Å². The van der Waals surface area contributed by atoms with Crippen LogP contribution in [0.1, 0.15) is 32.8 Å². The number of H-pyrrole nitrogens is 1. The van der Waals surface area contributed by atoms with Gasteiger partial charge in [-0.1, -0.05) is 51.1 Å². The molecule has 0 saturated carbocycles. The number of nitrogens with zero attached hydrogens (tertiary/aromatic N) is 3. The molecule has 2 aromatic rings. The number of hydrogen-bond acceptors (Lipinski definition) is 5. The molecule has 0 atom stereocenters. The molecule has 0 aliphatic carbocycles. The van der Waals surface area contributed by atoms with Crippen molar-refractivity contribution in [3.8, 4) is 0 Å². The summed E-state index contributed by atoms with van der Waals surface area (Å²) in [6.07, 6.45) is -2.00. The van der Waals surface area contributed by atoms with Gasteiger partial charge in [0.1, 0.15) is 5.82 Å². The van der Waals surface area contributed by atoms with E-state index in [4.69, 9.17) is 5.73 Å². The normalized spacial score (nSPS) is 11.5. The van der Waals surface area contributed by atoms with Crippen LogP contribution in [-0.4, -0.2) is 53.0 Å². The van der Waals surface area contributed by atoms with Gasteiger partial charge in [-0.05, 0) is 24.4 Å². The van der Waals surface area contributed by atoms with Crippen molar-refractivity contribution >= 4 is 17.4 Å². The van der Waals surface area contributed by atoms with E-state index >= 15 is 0 Å². The van der Waals surface area contributed by atoms with Gasteiger partial charge in [-0.15, -0.1) is 0 Å². The number of anilines is 2. The van der Waals surface area contributed by atoms with Crippen LogP contribution in [0.5, 0.6) is 0 Å². The molecule has 0 fully saturated rings. The summed E-state index contributed by atoms with van der Waals surface area (Å²) in [6.45, 7) is 5.26. The van der Waals surface area contributed by atoms with Crippen molar-refractivity contribution < 1.29 is 13.6 Å². The Morgan fingerprint density at radius 2 is 1.81 bits per heavy atom. The van der Waals surface area contributed by atoms with Crippen molar-refractivity contribution in [2.24, 2.45) is 5.92 Å². The van der Waals surface area contributed by atoms with Crippen molar-refractivity contribution in [1.82, 2.24) is 14.5 Å². The van der Waals surface area contributed by atoms with E-state index in [9.17, 15) is 23.2 Å². The van der Waals surface area contributed by atoms with Gasteiger partial charge in [0.25, 0.3) is 12.0 Å². The summed E-state index contributed by atoms with van der Waals surface area (Å²) in [7, 11) is 0. The highest BCUT2D eigenvalue weighted by atomic mass is 19.3. The molecular formula is C22H31F2N5O3. The lowest BCUT2D eigenvalue weighted by atomic mass is 10.2. The van der Waals surface area contributed by atoms with Gasteiger partial charge in [-0.25, -0.2) is 13.6 Å². The molecule has 0 aliphatic heterocycles. The third-order valence-corrected chi connectivity index (χ3v) is 4.81. The smallest absolute Gasteiger partial charge is 0.330 e. The molecule has 0 radical (unpaired) electrons. The minimum atomic E-state index is -2.59. The number of alkyl halides is 2. The number of halogens is 2. The zero-order valence-electron chi connectivity index (χ0n) is 18.7. The second kappa shape index (κ2) is 11.6. The number of carbonyl (C=O) groups excluding carboxylic acids is 1. The molecule has 1 heterocycles. The van der Waals surface area contributed by atoms with E-state index in [1.807, 2.05) is 39.0 Å². The first-order valence-electron chi connectivity index (χ1n) is 10.6. The van der Waals surface area contributed by atoms with Crippen LogP contribution in [0.15, 0.2) is 39.9 Å². The predicted octanol–water partition coefficient (Wildman–Crippen LogP) is 2.13. The number of benzene rings is 1. The molecule has 0 unspecified atom stereocenters. The van der Waals surface area contributed by atoms with E-state index in [-0.39, 0.29) is 37.1 Å². The molecule has 0 bridgehead atoms. The quantitative estimate of drug-likeness (QED) is 0.545. The first kappa shape index (κ1) is 25.3. The number of carbonyl (C=O) groups is 1. The summed E-state index contributed by atoms with van der Waals surface area (Å²) < 4.78 is 27.1. The number of aromatic nitrogens is 2. The lowest BCUT2D eigenvalue weighted by Gasteiger charge is -2.29. The number of rotatable bonds is 11. The van der Waals surface area contributed by atoms with Gasteiger partial charge >= 0.3 is 5.69 Å². The topological polar surface area (TPSA) is 104 Å². The first-order chi connectivity index (χ1) is 15.1. The second-order valence-corrected chi connectivity index (χ2v) is 8.09. The third kappa shape index (κ3) is 6.74. The van der Waals surface area contributed by atoms with Crippen molar-refractivity contribution in [3.63, 3.8) is 0 Å². The Hall–Kier alpha value is -3.01. The molecule has 32 heavy (non-hydrogen) atoms. The maximum absolute atomic E-state index is 13.1. The second-order valence-electron chi connectivity index (χ2n) is 8.09. The average Bonchev–Trinajstić information content (AvgIpc) is 2.70. The Labute approximate surface area is 185 Å². The van der Waals surface area contributed by atoms with E-state index in [1.165, 1.54) is 14.4 Å². The molecule has 0 aliphatic rings. The fourth-order valence-corrected chi connectivity index (χ4v) is 3.47. The number of nitrogens with one attached hydrogen (secondary N) is 1. The number of hydrogen-bond donors (Lipinski definition) is 2. The Bertz CT molecular complexity index is 1000. The molecule has 2 rings (SSSR count). The minimum Gasteiger partial charge on any atom is -0.383 e. The Kier molecular flexibility index (Phi) is 9.13. The lowest BCUT2D eigenvalue weighted by Crippen LogP contribution is -2.47. The summed E-state index contributed by atoms with van der Waals surface area (Å²) in [4.78, 5) is 43.1. The van der Waals surface area contributed by atoms with E-state index < -0.39 is 30.1 Å². The molecule has 0 saturated heterocycles. The van der Waals surface area contributed by atoms with E-state index in [0.29, 0.717) is 13.0 Å². The Morgan fingerprint density at radius 3 is 2.38 bits per heavy atom. The number of aromatic amines is 1. The third-order valence-electron chi connectivity index (χ3n) is 4.81. The Morgan fingerprint density at radius 1 is 1.16 bits per heavy atom. The molecule has 1 aromatic carbocycles. The van der Waals surface area contributed by atoms with Crippen molar-refractivity contribution in [2.75, 3.05) is 36.8 Å². The first-order valence-corrected chi connectivity index (χ1v) is 10.6. The molecule has 1 amide bonds. The largest absolute Gasteiger partial charge is 0.383 e. The molecular weight excluding hydrogens is 420 g/mol. The van der Waals surface area contributed by atoms with Crippen molar-refractivity contribution in [1.29, 1.82) is 0 Å². The van der Waals surface area contributed by atoms with Gasteiger partial charge in [-0.3, -0.25) is 24.0 Å². The summed E-state index contributed by atoms with van der Waals surface area (Å²) in [5.74, 6) is -0.718. The Balaban J connectivity index is 2.47. The monoisotopic (exact) mass is 451 g/mol. The summed E-state index contributed by atoms with van der Waals surface area (Å²) in [5.41, 5.74) is 5.39. The van der Waals surface area contributed by atoms with Crippen LogP contribution in [0.4, 0.5) is 20.3 Å². The highest BCUT2D eigenvalue weighted by Crippen LogP contribution is 2.20. The predicted molar refractivity (Wildman–Crippen MR) is 121 cm³/mol. The zero-order valence-corrected chi connectivity index (χ0v) is 18.7. The lowest BCUT2D eigenvalue weighted by molar-refractivity contribution is -0.120. The maximum atomic E-state index is 13.1. The molecule has 3 N–H and O–H groups in total. The molecule has 10 heteroatoms. The van der Waals surface area contributed by atoms with Crippen LogP contribution in [-0.2, 0) is 11.3 Å². The van der Waals surface area contributed by atoms with Gasteiger partial charge in [0.15, 0.2) is 5.69 Å². The van der Waals surface area contributed by atoms with Gasteiger partial charge in [0.2, 0.25) is 5.91 Å². The molecule has 176 valence electrons. The van der Waals surface area contributed by atoms with Crippen molar-refractivity contribution in [3.05, 3.63) is 56.7 Å². The molecule has 8 nitrogen and oxygen atoms in total. The van der Waals surface area contributed by atoms with Crippen molar-refractivity contribution in [2.45, 2.75) is 40.2 Å². The van der Waals surface area contributed by atoms with E-state index in [0.717, 1.165) is 5.56 Å². The van der Waals surface area contributed by atoms with Crippen LogP contribution >= 0.6 is 0 Å². The van der Waals surface area contributed by atoms with Gasteiger partial charge < -0.3 is 10.6 Å². The number of nitrogens with two attached hydrogens (primary N) is 1. The van der Waals surface area contributed by atoms with Crippen LogP contribution < -0.4 is 21.9 Å². The van der Waals surface area contributed by atoms with Gasteiger partial charge in [0, 0.05) is 6.54 Å². The fourth-order valence-electron chi connectivity index (χ4n) is 3.47. The SMILES string of the molecule is CCCN(CC(=O)N(CC(C)C)c1c(N)n(Cc2ccccc2)c(=O)[nH]c1=O)CC(F)F. The van der Waals surface area contributed by atoms with Gasteiger partial charge in [0.05, 0.1) is 19.6 Å². The van der Waals surface area contributed by atoms with Gasteiger partial charge in [-0.2, -0.15) is 0 Å². The van der Waals surface area contributed by atoms with Crippen LogP contribution in [0, 0.1) is 5.92 Å². The summed E-state index contributed by atoms with van der Waals surface area (Å²) in [6, 6.07) is 9.06. The summed E-state index contributed by atoms with van der Waals surface area (Å²) >= 11 is 0. The molecule has 1 aromatic heterocycles.